The second-order valence-electron chi connectivity index (χ2n) is 6.01. The minimum absolute atomic E-state index is 0. The van der Waals surface area contributed by atoms with Crippen LogP contribution in [-0.2, 0) is 4.74 Å². The van der Waals surface area contributed by atoms with E-state index < -0.39 is 0 Å². The number of aryl methyl sites for hydroxylation is 1. The Kier molecular flexibility index (Phi) is 10.1. The molecule has 0 saturated carbocycles. The maximum Gasteiger partial charge on any atom is 0.193 e. The van der Waals surface area contributed by atoms with E-state index in [0.29, 0.717) is 19.1 Å². The van der Waals surface area contributed by atoms with Gasteiger partial charge >= 0.3 is 0 Å². The first kappa shape index (κ1) is 21.0. The van der Waals surface area contributed by atoms with E-state index in [0.717, 1.165) is 44.4 Å². The number of aliphatic imine (C=N–C) groups is 1. The standard InChI is InChI=1S/C18H29N3O2.HI/c1-4-19-18(21(3)13-16-8-10-22-14-16)20-9-11-23-17-7-5-6-15(2)12-17;/h5-7,12,16H,4,8-11,13-14H2,1-3H3,(H,19,20);1H. The van der Waals surface area contributed by atoms with E-state index in [4.69, 9.17) is 9.47 Å². The van der Waals surface area contributed by atoms with Crippen molar-refractivity contribution in [3.8, 4) is 5.75 Å². The summed E-state index contributed by atoms with van der Waals surface area (Å²) in [5, 5.41) is 3.34. The van der Waals surface area contributed by atoms with Crippen molar-refractivity contribution in [2.45, 2.75) is 20.3 Å². The van der Waals surface area contributed by atoms with Crippen molar-refractivity contribution >= 4 is 29.9 Å². The number of nitrogens with one attached hydrogen (secondary N) is 1. The normalized spacial score (nSPS) is 17.3. The van der Waals surface area contributed by atoms with E-state index in [1.165, 1.54) is 5.56 Å². The number of hydrogen-bond acceptors (Lipinski definition) is 3. The molecule has 1 unspecified atom stereocenters. The number of benzene rings is 1. The van der Waals surface area contributed by atoms with E-state index in [1.54, 1.807) is 0 Å². The molecule has 1 aromatic rings. The van der Waals surface area contributed by atoms with Gasteiger partial charge in [-0.05, 0) is 38.0 Å². The van der Waals surface area contributed by atoms with Crippen molar-refractivity contribution in [2.24, 2.45) is 10.9 Å². The Labute approximate surface area is 162 Å². The third-order valence-electron chi connectivity index (χ3n) is 3.86. The molecule has 1 heterocycles. The number of rotatable bonds is 7. The van der Waals surface area contributed by atoms with E-state index >= 15 is 0 Å². The zero-order chi connectivity index (χ0) is 16.5. The first-order valence-corrected chi connectivity index (χ1v) is 8.45. The molecule has 136 valence electrons. The van der Waals surface area contributed by atoms with Gasteiger partial charge < -0.3 is 19.7 Å². The average molecular weight is 447 g/mol. The van der Waals surface area contributed by atoms with Gasteiger partial charge in [0.15, 0.2) is 5.96 Å². The molecule has 6 heteroatoms. The molecule has 1 fully saturated rings. The van der Waals surface area contributed by atoms with Crippen molar-refractivity contribution in [3.05, 3.63) is 29.8 Å². The molecule has 2 rings (SSSR count). The Hall–Kier alpha value is -1.02. The molecule has 0 amide bonds. The van der Waals surface area contributed by atoms with Gasteiger partial charge in [-0.15, -0.1) is 24.0 Å². The monoisotopic (exact) mass is 447 g/mol. The predicted molar refractivity (Wildman–Crippen MR) is 110 cm³/mol. The molecule has 0 spiro atoms. The highest BCUT2D eigenvalue weighted by atomic mass is 127. The Morgan fingerprint density at radius 2 is 2.29 bits per heavy atom. The van der Waals surface area contributed by atoms with Gasteiger partial charge in [-0.25, -0.2) is 4.99 Å². The van der Waals surface area contributed by atoms with E-state index in [1.807, 2.05) is 18.2 Å². The highest BCUT2D eigenvalue weighted by Crippen LogP contribution is 2.13. The molecule has 5 nitrogen and oxygen atoms in total. The SMILES string of the molecule is CCNC(=NCCOc1cccc(C)c1)N(C)CC1CCOC1.I. The van der Waals surface area contributed by atoms with Crippen LogP contribution in [0.15, 0.2) is 29.3 Å². The van der Waals surface area contributed by atoms with Crippen molar-refractivity contribution in [1.82, 2.24) is 10.2 Å². The molecule has 0 aromatic heterocycles. The molecule has 0 bridgehead atoms. The maximum absolute atomic E-state index is 5.76. The van der Waals surface area contributed by atoms with Crippen LogP contribution in [0.2, 0.25) is 0 Å². The highest BCUT2D eigenvalue weighted by Gasteiger charge is 2.18. The highest BCUT2D eigenvalue weighted by molar-refractivity contribution is 14.0. The summed E-state index contributed by atoms with van der Waals surface area (Å²) in [4.78, 5) is 6.85. The summed E-state index contributed by atoms with van der Waals surface area (Å²) < 4.78 is 11.2. The second-order valence-corrected chi connectivity index (χ2v) is 6.01. The third kappa shape index (κ3) is 7.25. The van der Waals surface area contributed by atoms with Crippen LogP contribution >= 0.6 is 24.0 Å². The molecule has 1 aromatic carbocycles. The fourth-order valence-corrected chi connectivity index (χ4v) is 2.69. The summed E-state index contributed by atoms with van der Waals surface area (Å²) in [5.41, 5.74) is 1.21. The fourth-order valence-electron chi connectivity index (χ4n) is 2.69. The molecule has 1 saturated heterocycles. The maximum atomic E-state index is 5.76. The molecule has 0 aliphatic carbocycles. The fraction of sp³-hybridized carbons (Fsp3) is 0.611. The van der Waals surface area contributed by atoms with Gasteiger partial charge in [-0.1, -0.05) is 12.1 Å². The summed E-state index contributed by atoms with van der Waals surface area (Å²) in [6, 6.07) is 8.10. The van der Waals surface area contributed by atoms with Gasteiger partial charge in [-0.2, -0.15) is 0 Å². The van der Waals surface area contributed by atoms with E-state index in [2.05, 4.69) is 42.2 Å². The summed E-state index contributed by atoms with van der Waals surface area (Å²) in [6.45, 7) is 8.96. The summed E-state index contributed by atoms with van der Waals surface area (Å²) >= 11 is 0. The van der Waals surface area contributed by atoms with Crippen molar-refractivity contribution in [2.75, 3.05) is 46.5 Å². The van der Waals surface area contributed by atoms with Gasteiger partial charge in [0.2, 0.25) is 0 Å². The summed E-state index contributed by atoms with van der Waals surface area (Å²) in [5.74, 6) is 2.45. The lowest BCUT2D eigenvalue weighted by atomic mass is 10.1. The molecule has 1 aliphatic rings. The number of ether oxygens (including phenoxy) is 2. The first-order valence-electron chi connectivity index (χ1n) is 8.45. The van der Waals surface area contributed by atoms with Crippen LogP contribution < -0.4 is 10.1 Å². The molecule has 1 aliphatic heterocycles. The summed E-state index contributed by atoms with van der Waals surface area (Å²) in [6.07, 6.45) is 1.14. The smallest absolute Gasteiger partial charge is 0.193 e. The zero-order valence-electron chi connectivity index (χ0n) is 15.0. The minimum Gasteiger partial charge on any atom is -0.492 e. The topological polar surface area (TPSA) is 46.1 Å². The Morgan fingerprint density at radius 1 is 1.46 bits per heavy atom. The zero-order valence-corrected chi connectivity index (χ0v) is 17.3. The number of nitrogens with zero attached hydrogens (tertiary/aromatic N) is 2. The average Bonchev–Trinajstić information content (AvgIpc) is 3.03. The number of halogens is 1. The number of guanidine groups is 1. The number of hydrogen-bond donors (Lipinski definition) is 1. The first-order chi connectivity index (χ1) is 11.2. The molecular weight excluding hydrogens is 417 g/mol. The van der Waals surface area contributed by atoms with Gasteiger partial charge in [0.1, 0.15) is 12.4 Å². The van der Waals surface area contributed by atoms with Crippen LogP contribution in [0.5, 0.6) is 5.75 Å². The molecule has 1 N–H and O–H groups in total. The van der Waals surface area contributed by atoms with Crippen LogP contribution in [0.1, 0.15) is 18.9 Å². The molecular formula is C18H30IN3O2. The largest absolute Gasteiger partial charge is 0.492 e. The van der Waals surface area contributed by atoms with Crippen LogP contribution in [0.25, 0.3) is 0 Å². The quantitative estimate of drug-likeness (QED) is 0.302. The molecule has 0 radical (unpaired) electrons. The van der Waals surface area contributed by atoms with E-state index in [9.17, 15) is 0 Å². The van der Waals surface area contributed by atoms with Gasteiger partial charge in [0.25, 0.3) is 0 Å². The Bertz CT molecular complexity index is 505. The van der Waals surface area contributed by atoms with Crippen molar-refractivity contribution in [3.63, 3.8) is 0 Å². The third-order valence-corrected chi connectivity index (χ3v) is 3.86. The van der Waals surface area contributed by atoms with Crippen LogP contribution in [-0.4, -0.2) is 57.4 Å². The van der Waals surface area contributed by atoms with Crippen LogP contribution in [0, 0.1) is 12.8 Å². The van der Waals surface area contributed by atoms with Crippen molar-refractivity contribution in [1.29, 1.82) is 0 Å². The van der Waals surface area contributed by atoms with Gasteiger partial charge in [-0.3, -0.25) is 0 Å². The minimum atomic E-state index is 0. The van der Waals surface area contributed by atoms with Crippen molar-refractivity contribution < 1.29 is 9.47 Å². The Balaban J connectivity index is 0.00000288. The lowest BCUT2D eigenvalue weighted by Crippen LogP contribution is -2.41. The van der Waals surface area contributed by atoms with Crippen LogP contribution in [0.4, 0.5) is 0 Å². The lowest BCUT2D eigenvalue weighted by molar-refractivity contribution is 0.181. The Morgan fingerprint density at radius 3 is 2.96 bits per heavy atom. The van der Waals surface area contributed by atoms with Gasteiger partial charge in [0.05, 0.1) is 13.2 Å². The lowest BCUT2D eigenvalue weighted by Gasteiger charge is -2.24. The predicted octanol–water partition coefficient (Wildman–Crippen LogP) is 2.93. The summed E-state index contributed by atoms with van der Waals surface area (Å²) in [7, 11) is 2.08. The molecule has 1 atom stereocenters. The van der Waals surface area contributed by atoms with Crippen LogP contribution in [0.3, 0.4) is 0 Å². The second kappa shape index (κ2) is 11.5. The molecule has 24 heavy (non-hydrogen) atoms. The van der Waals surface area contributed by atoms with Gasteiger partial charge in [0, 0.05) is 32.7 Å². The van der Waals surface area contributed by atoms with E-state index in [-0.39, 0.29) is 24.0 Å².